The van der Waals surface area contributed by atoms with Gasteiger partial charge in [0, 0.05) is 43.8 Å². The van der Waals surface area contributed by atoms with Gasteiger partial charge in [-0.15, -0.1) is 0 Å². The maximum Gasteiger partial charge on any atom is 0.251 e. The number of nitrogens with zero attached hydrogens (tertiary/aromatic N) is 2. The normalized spacial score (nSPS) is 17.0. The zero-order valence-corrected chi connectivity index (χ0v) is 17.6. The Bertz CT molecular complexity index is 718. The molecule has 1 heterocycles. The Kier molecular flexibility index (Phi) is 7.39. The van der Waals surface area contributed by atoms with Crippen LogP contribution in [0.5, 0.6) is 0 Å². The zero-order chi connectivity index (χ0) is 20.1. The Morgan fingerprint density at radius 1 is 1.07 bits per heavy atom. The fourth-order valence-corrected chi connectivity index (χ4v) is 4.34. The van der Waals surface area contributed by atoms with Crippen molar-refractivity contribution in [2.45, 2.75) is 37.6 Å². The van der Waals surface area contributed by atoms with Gasteiger partial charge in [-0.25, -0.2) is 13.1 Å². The molecule has 8 heteroatoms. The summed E-state index contributed by atoms with van der Waals surface area (Å²) in [6, 6.07) is 6.03. The zero-order valence-electron chi connectivity index (χ0n) is 16.8. The molecule has 0 atom stereocenters. The van der Waals surface area contributed by atoms with Crippen molar-refractivity contribution in [2.75, 3.05) is 46.3 Å². The molecule has 0 aliphatic carbocycles. The molecule has 0 aromatic heterocycles. The van der Waals surface area contributed by atoms with Crippen LogP contribution in [-0.2, 0) is 10.0 Å². The highest BCUT2D eigenvalue weighted by molar-refractivity contribution is 7.89. The minimum atomic E-state index is -3.59. The average molecular weight is 397 g/mol. The molecule has 7 nitrogen and oxygen atoms in total. The van der Waals surface area contributed by atoms with E-state index < -0.39 is 15.6 Å². The van der Waals surface area contributed by atoms with E-state index in [9.17, 15) is 13.2 Å². The Balaban J connectivity index is 1.80. The third-order valence-corrected chi connectivity index (χ3v) is 6.17. The molecule has 0 saturated carbocycles. The molecule has 2 rings (SSSR count). The molecule has 1 saturated heterocycles. The predicted molar refractivity (Wildman–Crippen MR) is 107 cm³/mol. The second-order valence-electron chi connectivity index (χ2n) is 8.13. The molecular formula is C19H32N4O3S. The lowest BCUT2D eigenvalue weighted by molar-refractivity contribution is 0.0949. The molecule has 27 heavy (non-hydrogen) atoms. The van der Waals surface area contributed by atoms with Crippen LogP contribution in [0.1, 0.15) is 37.6 Å². The van der Waals surface area contributed by atoms with E-state index in [1.807, 2.05) is 0 Å². The van der Waals surface area contributed by atoms with Crippen LogP contribution >= 0.6 is 0 Å². The monoisotopic (exact) mass is 396 g/mol. The quantitative estimate of drug-likeness (QED) is 0.676. The number of likely N-dealkylation sites (N-methyl/N-ethyl adjacent to an activating group) is 1. The standard InChI is InChI=1S/C19H32N4O3S/c1-19(2,3)21-27(25,26)17-8-6-16(7-9-17)18(24)20-10-5-11-23-14-12-22(4)13-15-23/h6-9,21H,5,10-15H2,1-4H3,(H,20,24). The van der Waals surface area contributed by atoms with Crippen LogP contribution < -0.4 is 10.0 Å². The Hall–Kier alpha value is -1.48. The lowest BCUT2D eigenvalue weighted by Gasteiger charge is -2.32. The number of benzene rings is 1. The highest BCUT2D eigenvalue weighted by Crippen LogP contribution is 2.14. The molecule has 1 aromatic carbocycles. The Labute approximate surface area is 163 Å². The van der Waals surface area contributed by atoms with Crippen LogP contribution in [0.4, 0.5) is 0 Å². The fraction of sp³-hybridized carbons (Fsp3) is 0.632. The average Bonchev–Trinajstić information content (AvgIpc) is 2.58. The summed E-state index contributed by atoms with van der Waals surface area (Å²) in [6.07, 6.45) is 0.900. The van der Waals surface area contributed by atoms with Crippen molar-refractivity contribution in [1.82, 2.24) is 19.8 Å². The molecule has 0 bridgehead atoms. The van der Waals surface area contributed by atoms with Gasteiger partial charge in [0.25, 0.3) is 5.91 Å². The van der Waals surface area contributed by atoms with E-state index >= 15 is 0 Å². The summed E-state index contributed by atoms with van der Waals surface area (Å²) >= 11 is 0. The first-order valence-electron chi connectivity index (χ1n) is 9.40. The lowest BCUT2D eigenvalue weighted by atomic mass is 10.1. The van der Waals surface area contributed by atoms with Crippen molar-refractivity contribution in [3.05, 3.63) is 29.8 Å². The summed E-state index contributed by atoms with van der Waals surface area (Å²) in [7, 11) is -1.46. The second-order valence-corrected chi connectivity index (χ2v) is 9.82. The van der Waals surface area contributed by atoms with Crippen molar-refractivity contribution in [1.29, 1.82) is 0 Å². The van der Waals surface area contributed by atoms with E-state index in [2.05, 4.69) is 26.9 Å². The number of sulfonamides is 1. The predicted octanol–water partition coefficient (Wildman–Crippen LogP) is 1.13. The largest absolute Gasteiger partial charge is 0.352 e. The number of hydrogen-bond donors (Lipinski definition) is 2. The van der Waals surface area contributed by atoms with E-state index in [0.29, 0.717) is 12.1 Å². The van der Waals surface area contributed by atoms with Crippen LogP contribution in [0.2, 0.25) is 0 Å². The molecule has 1 aliphatic rings. The minimum Gasteiger partial charge on any atom is -0.352 e. The van der Waals surface area contributed by atoms with Crippen LogP contribution in [0, 0.1) is 0 Å². The van der Waals surface area contributed by atoms with Crippen LogP contribution in [-0.4, -0.2) is 76.0 Å². The van der Waals surface area contributed by atoms with Crippen LogP contribution in [0.25, 0.3) is 0 Å². The molecule has 0 spiro atoms. The topological polar surface area (TPSA) is 81.8 Å². The number of hydrogen-bond acceptors (Lipinski definition) is 5. The van der Waals surface area contributed by atoms with Gasteiger partial charge in [0.15, 0.2) is 0 Å². The smallest absolute Gasteiger partial charge is 0.251 e. The number of piperazine rings is 1. The first-order chi connectivity index (χ1) is 12.6. The minimum absolute atomic E-state index is 0.157. The summed E-state index contributed by atoms with van der Waals surface area (Å²) in [4.78, 5) is 17.1. The molecule has 1 fully saturated rings. The molecule has 1 amide bonds. The van der Waals surface area contributed by atoms with Gasteiger partial charge in [-0.05, 0) is 65.0 Å². The SMILES string of the molecule is CN1CCN(CCCNC(=O)c2ccc(S(=O)(=O)NC(C)(C)C)cc2)CC1. The van der Waals surface area contributed by atoms with Gasteiger partial charge in [-0.2, -0.15) is 0 Å². The number of amides is 1. The first kappa shape index (κ1) is 21.8. The van der Waals surface area contributed by atoms with E-state index in [4.69, 9.17) is 0 Å². The summed E-state index contributed by atoms with van der Waals surface area (Å²) in [5.41, 5.74) is -0.0946. The first-order valence-corrected chi connectivity index (χ1v) is 10.9. The third kappa shape index (κ3) is 7.21. The third-order valence-electron chi connectivity index (χ3n) is 4.40. The van der Waals surface area contributed by atoms with Gasteiger partial charge < -0.3 is 15.1 Å². The fourth-order valence-electron chi connectivity index (χ4n) is 2.93. The molecule has 1 aromatic rings. The second kappa shape index (κ2) is 9.14. The maximum atomic E-state index is 12.3. The number of carbonyl (C=O) groups excluding carboxylic acids is 1. The highest BCUT2D eigenvalue weighted by Gasteiger charge is 2.22. The number of rotatable bonds is 7. The van der Waals surface area contributed by atoms with Gasteiger partial charge in [0.2, 0.25) is 10.0 Å². The van der Waals surface area contributed by atoms with Gasteiger partial charge >= 0.3 is 0 Å². The van der Waals surface area contributed by atoms with Crippen LogP contribution in [0.15, 0.2) is 29.2 Å². The van der Waals surface area contributed by atoms with E-state index in [1.54, 1.807) is 32.9 Å². The van der Waals surface area contributed by atoms with E-state index in [0.717, 1.165) is 39.1 Å². The van der Waals surface area contributed by atoms with Gasteiger partial charge in [-0.3, -0.25) is 4.79 Å². The van der Waals surface area contributed by atoms with Gasteiger partial charge in [0.05, 0.1) is 4.90 Å². The Morgan fingerprint density at radius 3 is 2.22 bits per heavy atom. The van der Waals surface area contributed by atoms with Crippen molar-refractivity contribution in [3.8, 4) is 0 Å². The lowest BCUT2D eigenvalue weighted by Crippen LogP contribution is -2.45. The summed E-state index contributed by atoms with van der Waals surface area (Å²) in [5, 5.41) is 2.90. The Morgan fingerprint density at radius 2 is 1.67 bits per heavy atom. The summed E-state index contributed by atoms with van der Waals surface area (Å²) < 4.78 is 27.2. The van der Waals surface area contributed by atoms with E-state index in [1.165, 1.54) is 12.1 Å². The molecule has 1 aliphatic heterocycles. The molecule has 0 radical (unpaired) electrons. The maximum absolute atomic E-state index is 12.3. The van der Waals surface area contributed by atoms with Gasteiger partial charge in [0.1, 0.15) is 0 Å². The summed E-state index contributed by atoms with van der Waals surface area (Å²) in [5.74, 6) is -0.180. The van der Waals surface area contributed by atoms with Crippen molar-refractivity contribution < 1.29 is 13.2 Å². The number of nitrogens with one attached hydrogen (secondary N) is 2. The van der Waals surface area contributed by atoms with Crippen LogP contribution in [0.3, 0.4) is 0 Å². The van der Waals surface area contributed by atoms with Gasteiger partial charge in [-0.1, -0.05) is 0 Å². The van der Waals surface area contributed by atoms with E-state index in [-0.39, 0.29) is 10.8 Å². The molecule has 2 N–H and O–H groups in total. The van der Waals surface area contributed by atoms with Crippen molar-refractivity contribution in [3.63, 3.8) is 0 Å². The number of carbonyl (C=O) groups is 1. The van der Waals surface area contributed by atoms with Crippen molar-refractivity contribution >= 4 is 15.9 Å². The highest BCUT2D eigenvalue weighted by atomic mass is 32.2. The molecular weight excluding hydrogens is 364 g/mol. The molecule has 152 valence electrons. The summed E-state index contributed by atoms with van der Waals surface area (Å²) in [6.45, 7) is 11.3. The van der Waals surface area contributed by atoms with Crippen molar-refractivity contribution in [2.24, 2.45) is 0 Å². The molecule has 0 unspecified atom stereocenters.